The van der Waals surface area contributed by atoms with Gasteiger partial charge in [-0.05, 0) is 36.4 Å². The molecule has 0 saturated heterocycles. The standard InChI is InChI=1S/C17H8Cl4F3N3O/c18-8-1-3-10(4-2-8)27-15(17(22,23)24)11(7-25-27)16(28)26-9-5-12(19)14(21)13(20)6-9/h1-7H,(H,26,28). The molecule has 1 amide bonds. The second kappa shape index (κ2) is 7.83. The van der Waals surface area contributed by atoms with E-state index in [4.69, 9.17) is 46.4 Å². The molecular weight excluding hydrogens is 461 g/mol. The minimum atomic E-state index is -4.85. The molecule has 0 aliphatic heterocycles. The van der Waals surface area contributed by atoms with Crippen LogP contribution in [0, 0.1) is 0 Å². The Morgan fingerprint density at radius 3 is 2.11 bits per heavy atom. The molecule has 0 aliphatic rings. The summed E-state index contributed by atoms with van der Waals surface area (Å²) in [4.78, 5) is 12.5. The van der Waals surface area contributed by atoms with E-state index in [1.807, 2.05) is 0 Å². The van der Waals surface area contributed by atoms with Gasteiger partial charge in [0, 0.05) is 10.7 Å². The van der Waals surface area contributed by atoms with Crippen LogP contribution < -0.4 is 5.32 Å². The molecule has 0 fully saturated rings. The molecule has 0 spiro atoms. The summed E-state index contributed by atoms with van der Waals surface area (Å²) < 4.78 is 41.6. The van der Waals surface area contributed by atoms with E-state index in [0.29, 0.717) is 9.70 Å². The molecular formula is C17H8Cl4F3N3O. The van der Waals surface area contributed by atoms with E-state index >= 15 is 0 Å². The fraction of sp³-hybridized carbons (Fsp3) is 0.0588. The summed E-state index contributed by atoms with van der Waals surface area (Å²) in [5, 5.41) is 6.51. The van der Waals surface area contributed by atoms with Crippen molar-refractivity contribution < 1.29 is 18.0 Å². The largest absolute Gasteiger partial charge is 0.434 e. The van der Waals surface area contributed by atoms with Crippen LogP contribution in [0.25, 0.3) is 5.69 Å². The van der Waals surface area contributed by atoms with Crippen LogP contribution >= 0.6 is 46.4 Å². The Morgan fingerprint density at radius 2 is 1.57 bits per heavy atom. The Balaban J connectivity index is 2.02. The van der Waals surface area contributed by atoms with Crippen molar-refractivity contribution in [1.29, 1.82) is 0 Å². The maximum Gasteiger partial charge on any atom is 0.434 e. The lowest BCUT2D eigenvalue weighted by Crippen LogP contribution is -2.20. The number of alkyl halides is 3. The minimum Gasteiger partial charge on any atom is -0.322 e. The molecule has 1 N–H and O–H groups in total. The first-order chi connectivity index (χ1) is 13.1. The average molecular weight is 469 g/mol. The lowest BCUT2D eigenvalue weighted by molar-refractivity contribution is -0.143. The molecule has 2 aromatic carbocycles. The summed E-state index contributed by atoms with van der Waals surface area (Å²) in [7, 11) is 0. The van der Waals surface area contributed by atoms with Crippen molar-refractivity contribution in [2.45, 2.75) is 6.18 Å². The number of carbonyl (C=O) groups is 1. The minimum absolute atomic E-state index is 0.0392. The summed E-state index contributed by atoms with van der Waals surface area (Å²) in [5.41, 5.74) is -1.74. The molecule has 3 rings (SSSR count). The summed E-state index contributed by atoms with van der Waals surface area (Å²) in [6, 6.07) is 8.07. The molecule has 0 unspecified atom stereocenters. The van der Waals surface area contributed by atoms with E-state index in [9.17, 15) is 18.0 Å². The SMILES string of the molecule is O=C(Nc1cc(Cl)c(Cl)c(Cl)c1)c1cnn(-c2ccc(Cl)cc2)c1C(F)(F)F. The van der Waals surface area contributed by atoms with Gasteiger partial charge >= 0.3 is 6.18 Å². The second-order valence-corrected chi connectivity index (χ2v) is 7.13. The smallest absolute Gasteiger partial charge is 0.322 e. The fourth-order valence-electron chi connectivity index (χ4n) is 2.39. The number of halogens is 7. The third kappa shape index (κ3) is 4.22. The number of aromatic nitrogens is 2. The summed E-state index contributed by atoms with van der Waals surface area (Å²) in [5.74, 6) is -1.04. The molecule has 0 saturated carbocycles. The highest BCUT2D eigenvalue weighted by atomic mass is 35.5. The van der Waals surface area contributed by atoms with Crippen LogP contribution in [-0.4, -0.2) is 15.7 Å². The highest BCUT2D eigenvalue weighted by molar-refractivity contribution is 6.48. The molecule has 4 nitrogen and oxygen atoms in total. The number of hydrogen-bond acceptors (Lipinski definition) is 2. The van der Waals surface area contributed by atoms with Gasteiger partial charge in [0.1, 0.15) is 0 Å². The first-order valence-electron chi connectivity index (χ1n) is 7.45. The van der Waals surface area contributed by atoms with Crippen LogP contribution in [0.15, 0.2) is 42.6 Å². The van der Waals surface area contributed by atoms with Crippen LogP contribution in [0.1, 0.15) is 16.1 Å². The average Bonchev–Trinajstić information content (AvgIpc) is 3.06. The van der Waals surface area contributed by atoms with E-state index in [1.165, 1.54) is 36.4 Å². The Labute approximate surface area is 176 Å². The van der Waals surface area contributed by atoms with Crippen LogP contribution in [0.4, 0.5) is 18.9 Å². The zero-order valence-electron chi connectivity index (χ0n) is 13.5. The fourth-order valence-corrected chi connectivity index (χ4v) is 3.11. The predicted molar refractivity (Wildman–Crippen MR) is 103 cm³/mol. The van der Waals surface area contributed by atoms with E-state index in [0.717, 1.165) is 6.20 Å². The van der Waals surface area contributed by atoms with Crippen molar-refractivity contribution in [1.82, 2.24) is 9.78 Å². The van der Waals surface area contributed by atoms with Gasteiger partial charge in [0.2, 0.25) is 0 Å². The van der Waals surface area contributed by atoms with Crippen molar-refractivity contribution in [3.8, 4) is 5.69 Å². The Bertz CT molecular complexity index is 1030. The maximum atomic E-state index is 13.7. The number of nitrogens with one attached hydrogen (secondary N) is 1. The summed E-state index contributed by atoms with van der Waals surface area (Å²) >= 11 is 23.3. The molecule has 146 valence electrons. The van der Waals surface area contributed by atoms with Gasteiger partial charge in [-0.2, -0.15) is 18.3 Å². The van der Waals surface area contributed by atoms with E-state index in [1.54, 1.807) is 0 Å². The first kappa shape index (κ1) is 20.8. The first-order valence-corrected chi connectivity index (χ1v) is 8.96. The highest BCUT2D eigenvalue weighted by Crippen LogP contribution is 2.36. The monoisotopic (exact) mass is 467 g/mol. The third-order valence-electron chi connectivity index (χ3n) is 3.60. The van der Waals surface area contributed by atoms with E-state index in [2.05, 4.69) is 10.4 Å². The Morgan fingerprint density at radius 1 is 1.00 bits per heavy atom. The third-order valence-corrected chi connectivity index (χ3v) is 5.04. The van der Waals surface area contributed by atoms with E-state index in [-0.39, 0.29) is 26.4 Å². The van der Waals surface area contributed by atoms with Gasteiger partial charge in [0.25, 0.3) is 5.91 Å². The summed E-state index contributed by atoms with van der Waals surface area (Å²) in [6.07, 6.45) is -4.02. The molecule has 0 aliphatic carbocycles. The van der Waals surface area contributed by atoms with Gasteiger partial charge < -0.3 is 5.32 Å². The Hall–Kier alpha value is -1.93. The molecule has 3 aromatic rings. The number of benzene rings is 2. The van der Waals surface area contributed by atoms with Crippen LogP contribution in [0.3, 0.4) is 0 Å². The van der Waals surface area contributed by atoms with Gasteiger partial charge in [-0.3, -0.25) is 4.79 Å². The molecule has 28 heavy (non-hydrogen) atoms. The summed E-state index contributed by atoms with van der Waals surface area (Å²) in [6.45, 7) is 0. The van der Waals surface area contributed by atoms with Gasteiger partial charge in [0.15, 0.2) is 5.69 Å². The lowest BCUT2D eigenvalue weighted by Gasteiger charge is -2.13. The highest BCUT2D eigenvalue weighted by Gasteiger charge is 2.40. The number of hydrogen-bond donors (Lipinski definition) is 1. The Kier molecular flexibility index (Phi) is 5.82. The van der Waals surface area contributed by atoms with Crippen LogP contribution in [-0.2, 0) is 6.18 Å². The number of anilines is 1. The van der Waals surface area contributed by atoms with E-state index < -0.39 is 23.3 Å². The van der Waals surface area contributed by atoms with Crippen molar-refractivity contribution in [3.63, 3.8) is 0 Å². The maximum absolute atomic E-state index is 13.7. The molecule has 0 bridgehead atoms. The molecule has 1 aromatic heterocycles. The van der Waals surface area contributed by atoms with Crippen molar-refractivity contribution >= 4 is 58.0 Å². The van der Waals surface area contributed by atoms with Crippen LogP contribution in [0.5, 0.6) is 0 Å². The van der Waals surface area contributed by atoms with Gasteiger partial charge in [-0.15, -0.1) is 0 Å². The normalized spacial score (nSPS) is 11.5. The zero-order valence-corrected chi connectivity index (χ0v) is 16.5. The predicted octanol–water partition coefficient (Wildman–Crippen LogP) is 6.76. The van der Waals surface area contributed by atoms with Gasteiger partial charge in [-0.1, -0.05) is 46.4 Å². The number of amides is 1. The zero-order chi connectivity index (χ0) is 20.6. The molecule has 11 heteroatoms. The molecule has 0 atom stereocenters. The topological polar surface area (TPSA) is 46.9 Å². The second-order valence-electron chi connectivity index (χ2n) is 5.50. The van der Waals surface area contributed by atoms with Gasteiger partial charge in [-0.25, -0.2) is 4.68 Å². The molecule has 0 radical (unpaired) electrons. The lowest BCUT2D eigenvalue weighted by atomic mass is 10.2. The van der Waals surface area contributed by atoms with Gasteiger partial charge in [0.05, 0.1) is 32.5 Å². The number of rotatable bonds is 3. The van der Waals surface area contributed by atoms with Crippen molar-refractivity contribution in [2.24, 2.45) is 0 Å². The molecule has 1 heterocycles. The van der Waals surface area contributed by atoms with Crippen molar-refractivity contribution in [2.75, 3.05) is 5.32 Å². The number of carbonyl (C=O) groups excluding carboxylic acids is 1. The van der Waals surface area contributed by atoms with Crippen LogP contribution in [0.2, 0.25) is 20.1 Å². The van der Waals surface area contributed by atoms with Crippen molar-refractivity contribution in [3.05, 3.63) is 73.9 Å². The quantitative estimate of drug-likeness (QED) is 0.432. The number of nitrogens with zero attached hydrogens (tertiary/aromatic N) is 2.